The summed E-state index contributed by atoms with van der Waals surface area (Å²) in [6, 6.07) is 18.1. The van der Waals surface area contributed by atoms with Gasteiger partial charge in [-0.15, -0.1) is 0 Å². The van der Waals surface area contributed by atoms with Crippen molar-refractivity contribution in [2.45, 2.75) is 20.8 Å². The van der Waals surface area contributed by atoms with Crippen LogP contribution in [0.15, 0.2) is 70.2 Å². The molecule has 0 radical (unpaired) electrons. The van der Waals surface area contributed by atoms with Crippen molar-refractivity contribution in [2.75, 3.05) is 17.2 Å². The molecule has 0 atom stereocenters. The zero-order valence-electron chi connectivity index (χ0n) is 19.5. The number of rotatable bonds is 7. The van der Waals surface area contributed by atoms with Gasteiger partial charge in [-0.1, -0.05) is 46.3 Å². The molecular formula is C26H25BrN4O4. The van der Waals surface area contributed by atoms with Crippen molar-refractivity contribution in [3.05, 3.63) is 87.4 Å². The van der Waals surface area contributed by atoms with E-state index in [1.54, 1.807) is 24.3 Å². The quantitative estimate of drug-likeness (QED) is 0.235. The number of ether oxygens (including phenoxy) is 1. The maximum atomic E-state index is 12.3. The Morgan fingerprint density at radius 2 is 1.63 bits per heavy atom. The first kappa shape index (κ1) is 25.6. The van der Waals surface area contributed by atoms with Crippen molar-refractivity contribution in [1.82, 2.24) is 5.43 Å². The Balaban J connectivity index is 1.60. The van der Waals surface area contributed by atoms with Crippen LogP contribution in [0.3, 0.4) is 0 Å². The van der Waals surface area contributed by atoms with Gasteiger partial charge >= 0.3 is 11.8 Å². The van der Waals surface area contributed by atoms with E-state index in [9.17, 15) is 14.4 Å². The van der Waals surface area contributed by atoms with E-state index in [-0.39, 0.29) is 12.5 Å². The summed E-state index contributed by atoms with van der Waals surface area (Å²) >= 11 is 3.37. The van der Waals surface area contributed by atoms with Gasteiger partial charge in [-0.2, -0.15) is 5.10 Å². The Kier molecular flexibility index (Phi) is 8.74. The average molecular weight is 537 g/mol. The minimum atomic E-state index is -0.918. The molecule has 0 bridgehead atoms. The van der Waals surface area contributed by atoms with Crippen molar-refractivity contribution in [2.24, 2.45) is 5.10 Å². The second kappa shape index (κ2) is 11.9. The van der Waals surface area contributed by atoms with Crippen molar-refractivity contribution in [1.29, 1.82) is 0 Å². The number of carbonyl (C=O) groups excluding carboxylic acids is 3. The van der Waals surface area contributed by atoms with Gasteiger partial charge in [0.25, 0.3) is 5.91 Å². The van der Waals surface area contributed by atoms with E-state index < -0.39 is 11.8 Å². The van der Waals surface area contributed by atoms with Crippen molar-refractivity contribution < 1.29 is 19.1 Å². The van der Waals surface area contributed by atoms with Crippen LogP contribution in [-0.4, -0.2) is 30.5 Å². The lowest BCUT2D eigenvalue weighted by Crippen LogP contribution is -2.32. The summed E-state index contributed by atoms with van der Waals surface area (Å²) in [4.78, 5) is 36.7. The highest BCUT2D eigenvalue weighted by Crippen LogP contribution is 2.22. The van der Waals surface area contributed by atoms with Crippen LogP contribution in [0.1, 0.15) is 22.3 Å². The lowest BCUT2D eigenvalue weighted by Gasteiger charge is -2.11. The van der Waals surface area contributed by atoms with Crippen molar-refractivity contribution in [3.63, 3.8) is 0 Å². The molecule has 3 N–H and O–H groups in total. The topological polar surface area (TPSA) is 109 Å². The first-order valence-electron chi connectivity index (χ1n) is 10.7. The Morgan fingerprint density at radius 1 is 0.914 bits per heavy atom. The molecule has 3 aromatic rings. The molecule has 0 saturated heterocycles. The number of anilines is 2. The first-order valence-corrected chi connectivity index (χ1v) is 11.5. The molecule has 9 heteroatoms. The molecule has 35 heavy (non-hydrogen) atoms. The highest BCUT2D eigenvalue weighted by atomic mass is 79.9. The summed E-state index contributed by atoms with van der Waals surface area (Å²) in [5.74, 6) is -1.69. The number of nitrogens with zero attached hydrogens (tertiary/aromatic N) is 1. The Hall–Kier alpha value is -3.98. The number of hydrogen-bond donors (Lipinski definition) is 3. The Morgan fingerprint density at radius 3 is 2.34 bits per heavy atom. The van der Waals surface area contributed by atoms with Gasteiger partial charge in [0.2, 0.25) is 0 Å². The van der Waals surface area contributed by atoms with Crippen LogP contribution < -0.4 is 20.8 Å². The van der Waals surface area contributed by atoms with E-state index in [0.717, 1.165) is 21.2 Å². The number of hydrogen-bond acceptors (Lipinski definition) is 5. The highest BCUT2D eigenvalue weighted by molar-refractivity contribution is 9.10. The zero-order valence-corrected chi connectivity index (χ0v) is 21.1. The molecule has 3 aromatic carbocycles. The van der Waals surface area contributed by atoms with Crippen molar-refractivity contribution in [3.8, 4) is 5.75 Å². The summed E-state index contributed by atoms with van der Waals surface area (Å²) < 4.78 is 6.40. The molecule has 0 unspecified atom stereocenters. The third-order valence-electron chi connectivity index (χ3n) is 4.93. The third-order valence-corrected chi connectivity index (χ3v) is 5.42. The third kappa shape index (κ3) is 7.51. The van der Waals surface area contributed by atoms with Crippen LogP contribution in [0, 0.1) is 20.8 Å². The molecule has 0 aliphatic heterocycles. The molecule has 0 fully saturated rings. The fraction of sp³-hybridized carbons (Fsp3) is 0.154. The van der Waals surface area contributed by atoms with Crippen LogP contribution in [0.2, 0.25) is 0 Å². The maximum Gasteiger partial charge on any atom is 0.329 e. The molecule has 0 saturated carbocycles. The Labute approximate surface area is 211 Å². The second-order valence-electron chi connectivity index (χ2n) is 7.81. The number of para-hydroxylation sites is 1. The molecule has 0 spiro atoms. The molecule has 0 heterocycles. The molecule has 0 aliphatic carbocycles. The van der Waals surface area contributed by atoms with Gasteiger partial charge in [0.15, 0.2) is 6.61 Å². The molecular weight excluding hydrogens is 512 g/mol. The fourth-order valence-electron chi connectivity index (χ4n) is 3.21. The standard InChI is InChI=1S/C26H25BrN4O4/c1-16-6-4-9-21(12-16)29-23(32)15-35-22-11-10-20(27)13-19(22)14-28-31-26(34)25(33)30-24-17(2)7-5-8-18(24)3/h4-14H,15H2,1-3H3,(H,29,32)(H,30,33)(H,31,34)/b28-14-. The molecule has 8 nitrogen and oxygen atoms in total. The van der Waals surface area contributed by atoms with Gasteiger partial charge in [-0.3, -0.25) is 14.4 Å². The van der Waals surface area contributed by atoms with E-state index in [4.69, 9.17) is 4.74 Å². The van der Waals surface area contributed by atoms with E-state index in [0.29, 0.717) is 22.7 Å². The molecule has 3 amide bonds. The predicted molar refractivity (Wildman–Crippen MR) is 140 cm³/mol. The summed E-state index contributed by atoms with van der Waals surface area (Å²) in [6.07, 6.45) is 1.34. The van der Waals surface area contributed by atoms with Gasteiger partial charge in [-0.25, -0.2) is 5.43 Å². The maximum absolute atomic E-state index is 12.3. The second-order valence-corrected chi connectivity index (χ2v) is 8.72. The summed E-state index contributed by atoms with van der Waals surface area (Å²) in [5.41, 5.74) is 6.69. The van der Waals surface area contributed by atoms with Crippen LogP contribution in [0.4, 0.5) is 11.4 Å². The first-order chi connectivity index (χ1) is 16.7. The van der Waals surface area contributed by atoms with E-state index in [2.05, 4.69) is 37.1 Å². The largest absolute Gasteiger partial charge is 0.483 e. The molecule has 0 aliphatic rings. The van der Waals surface area contributed by atoms with E-state index in [1.165, 1.54) is 6.21 Å². The lowest BCUT2D eigenvalue weighted by molar-refractivity contribution is -0.136. The van der Waals surface area contributed by atoms with Crippen molar-refractivity contribution >= 4 is 51.2 Å². The van der Waals surface area contributed by atoms with Gasteiger partial charge in [0.05, 0.1) is 6.21 Å². The smallest absolute Gasteiger partial charge is 0.329 e. The summed E-state index contributed by atoms with van der Waals surface area (Å²) in [7, 11) is 0. The number of carbonyl (C=O) groups is 3. The fourth-order valence-corrected chi connectivity index (χ4v) is 3.59. The SMILES string of the molecule is Cc1cccc(NC(=O)COc2ccc(Br)cc2/C=N\NC(=O)C(=O)Nc2c(C)cccc2C)c1. The number of halogens is 1. The van der Waals surface area contributed by atoms with Crippen LogP contribution in [-0.2, 0) is 14.4 Å². The molecule has 0 aromatic heterocycles. The van der Waals surface area contributed by atoms with Gasteiger partial charge in [0.1, 0.15) is 5.75 Å². The summed E-state index contributed by atoms with van der Waals surface area (Å²) in [6.45, 7) is 5.40. The predicted octanol–water partition coefficient (Wildman–Crippen LogP) is 4.48. The normalized spacial score (nSPS) is 10.6. The molecule has 180 valence electrons. The van der Waals surface area contributed by atoms with Crippen LogP contribution in [0.25, 0.3) is 0 Å². The van der Waals surface area contributed by atoms with Gasteiger partial charge in [-0.05, 0) is 67.8 Å². The van der Waals surface area contributed by atoms with Gasteiger partial charge in [0, 0.05) is 21.4 Å². The van der Waals surface area contributed by atoms with E-state index in [1.807, 2.05) is 57.2 Å². The average Bonchev–Trinajstić information content (AvgIpc) is 2.81. The van der Waals surface area contributed by atoms with Crippen LogP contribution >= 0.6 is 15.9 Å². The minimum absolute atomic E-state index is 0.221. The number of nitrogens with one attached hydrogen (secondary N) is 3. The highest BCUT2D eigenvalue weighted by Gasteiger charge is 2.15. The molecule has 3 rings (SSSR count). The summed E-state index contributed by atoms with van der Waals surface area (Å²) in [5, 5.41) is 9.24. The lowest BCUT2D eigenvalue weighted by atomic mass is 10.1. The number of aryl methyl sites for hydroxylation is 3. The number of hydrazone groups is 1. The van der Waals surface area contributed by atoms with Crippen LogP contribution in [0.5, 0.6) is 5.75 Å². The van der Waals surface area contributed by atoms with E-state index >= 15 is 0 Å². The number of benzene rings is 3. The van der Waals surface area contributed by atoms with Gasteiger partial charge < -0.3 is 15.4 Å². The Bertz CT molecular complexity index is 1270. The zero-order chi connectivity index (χ0) is 25.4. The monoisotopic (exact) mass is 536 g/mol. The minimum Gasteiger partial charge on any atom is -0.483 e. The number of amides is 3.